The molecule has 2 saturated heterocycles. The van der Waals surface area contributed by atoms with Gasteiger partial charge in [-0.25, -0.2) is 8.42 Å². The summed E-state index contributed by atoms with van der Waals surface area (Å²) >= 11 is 5.70. The van der Waals surface area contributed by atoms with Crippen LogP contribution in [0.5, 0.6) is 0 Å². The molecule has 0 aliphatic carbocycles. The Hall–Kier alpha value is -2.52. The molecule has 0 bridgehead atoms. The zero-order chi connectivity index (χ0) is 19.3. The Balaban J connectivity index is 1.76. The van der Waals surface area contributed by atoms with Crippen LogP contribution in [0.4, 0.5) is 17.1 Å². The smallest absolute Gasteiger partial charge is 0.269 e. The number of nitrogens with zero attached hydrogens (tertiary/aromatic N) is 3. The molecule has 0 amide bonds. The van der Waals surface area contributed by atoms with E-state index in [1.807, 2.05) is 41.0 Å². The van der Waals surface area contributed by atoms with Gasteiger partial charge in [0.15, 0.2) is 14.9 Å². The third-order valence-corrected chi connectivity index (χ3v) is 7.11. The van der Waals surface area contributed by atoms with Crippen LogP contribution in [0.3, 0.4) is 0 Å². The molecular weight excluding hydrogens is 386 g/mol. The molecule has 0 saturated carbocycles. The number of benzene rings is 2. The first-order chi connectivity index (χ1) is 12.8. The fourth-order valence-electron chi connectivity index (χ4n) is 3.75. The number of rotatable bonds is 3. The van der Waals surface area contributed by atoms with Crippen LogP contribution >= 0.6 is 12.2 Å². The Morgan fingerprint density at radius 2 is 1.41 bits per heavy atom. The van der Waals surface area contributed by atoms with Crippen LogP contribution < -0.4 is 9.80 Å². The summed E-state index contributed by atoms with van der Waals surface area (Å²) in [5.74, 6) is 0.0479. The minimum absolute atomic E-state index is 0.0111. The Labute approximate surface area is 162 Å². The van der Waals surface area contributed by atoms with Gasteiger partial charge < -0.3 is 9.80 Å². The maximum atomic E-state index is 12.3. The normalized spacial score (nSPS) is 23.5. The second kappa shape index (κ2) is 6.28. The van der Waals surface area contributed by atoms with E-state index >= 15 is 0 Å². The van der Waals surface area contributed by atoms with Crippen LogP contribution in [-0.4, -0.2) is 42.0 Å². The number of non-ortho nitro benzene ring substituents is 1. The van der Waals surface area contributed by atoms with Crippen molar-refractivity contribution in [1.29, 1.82) is 0 Å². The summed E-state index contributed by atoms with van der Waals surface area (Å²) in [4.78, 5) is 14.2. The highest BCUT2D eigenvalue weighted by Crippen LogP contribution is 2.38. The second-order valence-corrected chi connectivity index (χ2v) is 9.36. The van der Waals surface area contributed by atoms with E-state index in [1.165, 1.54) is 12.1 Å². The molecule has 2 fully saturated rings. The lowest BCUT2D eigenvalue weighted by Gasteiger charge is -2.25. The SMILES string of the molecule is Cc1ccc(N2C(=S)N(c3ccc([N+](=O)[O-])cc3)C3CS(=O)(=O)CC32)cc1. The Bertz CT molecular complexity index is 1020. The van der Waals surface area contributed by atoms with Crippen molar-refractivity contribution in [3.63, 3.8) is 0 Å². The van der Waals surface area contributed by atoms with Crippen molar-refractivity contribution in [2.45, 2.75) is 19.0 Å². The van der Waals surface area contributed by atoms with Gasteiger partial charge in [-0.3, -0.25) is 10.1 Å². The van der Waals surface area contributed by atoms with E-state index in [1.54, 1.807) is 12.1 Å². The first-order valence-electron chi connectivity index (χ1n) is 8.41. The molecule has 2 unspecified atom stereocenters. The predicted molar refractivity (Wildman–Crippen MR) is 108 cm³/mol. The highest BCUT2D eigenvalue weighted by atomic mass is 32.2. The lowest BCUT2D eigenvalue weighted by molar-refractivity contribution is -0.384. The van der Waals surface area contributed by atoms with Gasteiger partial charge in [0.05, 0.1) is 28.5 Å². The minimum Gasteiger partial charge on any atom is -0.312 e. The standard InChI is InChI=1S/C18H17N3O4S2/c1-12-2-4-13(5-3-12)19-16-10-27(24,25)11-17(16)20(18(19)26)14-6-8-15(9-7-14)21(22)23/h2-9,16-17H,10-11H2,1H3. The zero-order valence-corrected chi connectivity index (χ0v) is 16.1. The molecule has 27 heavy (non-hydrogen) atoms. The van der Waals surface area contributed by atoms with Gasteiger partial charge in [-0.1, -0.05) is 17.7 Å². The van der Waals surface area contributed by atoms with E-state index in [4.69, 9.17) is 12.2 Å². The lowest BCUT2D eigenvalue weighted by atomic mass is 10.1. The molecule has 0 N–H and O–H groups in total. The Morgan fingerprint density at radius 1 is 0.963 bits per heavy atom. The van der Waals surface area contributed by atoms with E-state index in [0.717, 1.165) is 11.3 Å². The van der Waals surface area contributed by atoms with Crippen LogP contribution in [0.25, 0.3) is 0 Å². The molecule has 0 spiro atoms. The topological polar surface area (TPSA) is 83.8 Å². The summed E-state index contributed by atoms with van der Waals surface area (Å²) in [6.07, 6.45) is 0. The highest BCUT2D eigenvalue weighted by Gasteiger charge is 2.52. The summed E-state index contributed by atoms with van der Waals surface area (Å²) in [6.45, 7) is 1.98. The molecular formula is C18H17N3O4S2. The predicted octanol–water partition coefficient (Wildman–Crippen LogP) is 2.68. The van der Waals surface area contributed by atoms with E-state index in [2.05, 4.69) is 0 Å². The molecule has 7 nitrogen and oxygen atoms in total. The number of hydrogen-bond donors (Lipinski definition) is 0. The summed E-state index contributed by atoms with van der Waals surface area (Å²) < 4.78 is 24.6. The maximum absolute atomic E-state index is 12.3. The van der Waals surface area contributed by atoms with Crippen molar-refractivity contribution in [3.05, 3.63) is 64.2 Å². The van der Waals surface area contributed by atoms with Crippen LogP contribution in [0.15, 0.2) is 48.5 Å². The molecule has 2 aliphatic rings. The third kappa shape index (κ3) is 3.06. The number of fused-ring (bicyclic) bond motifs is 1. The van der Waals surface area contributed by atoms with Crippen LogP contribution in [0.1, 0.15) is 5.56 Å². The minimum atomic E-state index is -3.19. The number of aryl methyl sites for hydroxylation is 1. The average Bonchev–Trinajstić information content (AvgIpc) is 3.05. The van der Waals surface area contributed by atoms with Gasteiger partial charge in [-0.05, 0) is 43.4 Å². The van der Waals surface area contributed by atoms with Crippen molar-refractivity contribution in [2.24, 2.45) is 0 Å². The number of anilines is 2. The quantitative estimate of drug-likeness (QED) is 0.443. The fraction of sp³-hybridized carbons (Fsp3) is 0.278. The number of sulfone groups is 1. The molecule has 0 radical (unpaired) electrons. The lowest BCUT2D eigenvalue weighted by Crippen LogP contribution is -2.37. The van der Waals surface area contributed by atoms with Crippen molar-refractivity contribution in [1.82, 2.24) is 0 Å². The van der Waals surface area contributed by atoms with Crippen molar-refractivity contribution in [2.75, 3.05) is 21.3 Å². The summed E-state index contributed by atoms with van der Waals surface area (Å²) in [5, 5.41) is 11.4. The van der Waals surface area contributed by atoms with Crippen molar-refractivity contribution in [3.8, 4) is 0 Å². The monoisotopic (exact) mass is 403 g/mol. The third-order valence-electron chi connectivity index (χ3n) is 5.02. The van der Waals surface area contributed by atoms with E-state index in [0.29, 0.717) is 10.8 Å². The molecule has 4 rings (SSSR count). The average molecular weight is 403 g/mol. The summed E-state index contributed by atoms with van der Waals surface area (Å²) in [6, 6.07) is 13.2. The van der Waals surface area contributed by atoms with Gasteiger partial charge in [0.25, 0.3) is 5.69 Å². The first-order valence-corrected chi connectivity index (χ1v) is 10.6. The molecule has 2 aliphatic heterocycles. The van der Waals surface area contributed by atoms with Gasteiger partial charge in [-0.15, -0.1) is 0 Å². The van der Waals surface area contributed by atoms with Gasteiger partial charge in [0.1, 0.15) is 0 Å². The molecule has 2 heterocycles. The summed E-state index contributed by atoms with van der Waals surface area (Å²) in [5.41, 5.74) is 2.59. The molecule has 9 heteroatoms. The number of nitro groups is 1. The second-order valence-electron chi connectivity index (χ2n) is 6.84. The van der Waals surface area contributed by atoms with Crippen LogP contribution in [-0.2, 0) is 9.84 Å². The molecule has 0 aromatic heterocycles. The fourth-order valence-corrected chi connectivity index (χ4v) is 6.15. The van der Waals surface area contributed by atoms with Gasteiger partial charge >= 0.3 is 0 Å². The van der Waals surface area contributed by atoms with Crippen LogP contribution in [0, 0.1) is 17.0 Å². The maximum Gasteiger partial charge on any atom is 0.269 e. The molecule has 2 aromatic rings. The molecule has 140 valence electrons. The number of nitro benzene ring substituents is 1. The molecule has 2 atom stereocenters. The van der Waals surface area contributed by atoms with Crippen LogP contribution in [0.2, 0.25) is 0 Å². The number of hydrogen-bond acceptors (Lipinski definition) is 5. The largest absolute Gasteiger partial charge is 0.312 e. The summed E-state index contributed by atoms with van der Waals surface area (Å²) in [7, 11) is -3.19. The molecule has 2 aromatic carbocycles. The van der Waals surface area contributed by atoms with E-state index in [-0.39, 0.29) is 29.3 Å². The number of thiocarbonyl (C=S) groups is 1. The van der Waals surface area contributed by atoms with E-state index in [9.17, 15) is 18.5 Å². The zero-order valence-electron chi connectivity index (χ0n) is 14.5. The first kappa shape index (κ1) is 17.9. The van der Waals surface area contributed by atoms with Crippen molar-refractivity contribution < 1.29 is 13.3 Å². The van der Waals surface area contributed by atoms with E-state index < -0.39 is 14.8 Å². The van der Waals surface area contributed by atoms with Gasteiger partial charge in [-0.2, -0.15) is 0 Å². The van der Waals surface area contributed by atoms with Gasteiger partial charge in [0.2, 0.25) is 0 Å². The Kier molecular flexibility index (Phi) is 4.15. The van der Waals surface area contributed by atoms with Crippen molar-refractivity contribution >= 4 is 44.2 Å². The highest BCUT2D eigenvalue weighted by molar-refractivity contribution is 7.91. The Morgan fingerprint density at radius 3 is 1.85 bits per heavy atom. The van der Waals surface area contributed by atoms with Gasteiger partial charge in [0, 0.05) is 23.5 Å².